The maximum Gasteiger partial charge on any atom is 0.158 e. The Morgan fingerprint density at radius 2 is 2.00 bits per heavy atom. The van der Waals surface area contributed by atoms with Gasteiger partial charge in [0.2, 0.25) is 0 Å². The summed E-state index contributed by atoms with van der Waals surface area (Å²) in [5.74, 6) is 0.591. The molecule has 0 fully saturated rings. The van der Waals surface area contributed by atoms with Gasteiger partial charge in [-0.15, -0.1) is 0 Å². The van der Waals surface area contributed by atoms with Crippen LogP contribution in [0.3, 0.4) is 0 Å². The van der Waals surface area contributed by atoms with Gasteiger partial charge in [-0.3, -0.25) is 0 Å². The van der Waals surface area contributed by atoms with E-state index < -0.39 is 0 Å². The number of hydrogen-bond donors (Lipinski definition) is 2. The number of nitrogens with two attached hydrogens (primary N) is 2. The molecule has 0 aromatic heterocycles. The van der Waals surface area contributed by atoms with Gasteiger partial charge in [-0.05, 0) is 44.6 Å². The van der Waals surface area contributed by atoms with E-state index in [1.807, 2.05) is 6.07 Å². The highest BCUT2D eigenvalue weighted by Crippen LogP contribution is 2.38. The van der Waals surface area contributed by atoms with Crippen molar-refractivity contribution in [3.63, 3.8) is 0 Å². The molecule has 0 saturated carbocycles. The van der Waals surface area contributed by atoms with E-state index in [1.54, 1.807) is 7.11 Å². The zero-order chi connectivity index (χ0) is 9.30. The van der Waals surface area contributed by atoms with E-state index in [4.69, 9.17) is 16.2 Å². The molecular formula is C7H8BrIN2O. The highest BCUT2D eigenvalue weighted by Gasteiger charge is 2.10. The smallest absolute Gasteiger partial charge is 0.158 e. The lowest BCUT2D eigenvalue weighted by Crippen LogP contribution is -2.01. The topological polar surface area (TPSA) is 61.3 Å². The second-order valence-electron chi connectivity index (χ2n) is 2.20. The van der Waals surface area contributed by atoms with Crippen molar-refractivity contribution in [3.05, 3.63) is 14.1 Å². The molecule has 4 N–H and O–H groups in total. The predicted molar refractivity (Wildman–Crippen MR) is 62.2 cm³/mol. The van der Waals surface area contributed by atoms with Gasteiger partial charge in [-0.2, -0.15) is 0 Å². The Kier molecular flexibility index (Phi) is 3.05. The highest BCUT2D eigenvalue weighted by molar-refractivity contribution is 14.1. The van der Waals surface area contributed by atoms with Gasteiger partial charge in [0, 0.05) is 3.57 Å². The molecule has 0 aliphatic heterocycles. The van der Waals surface area contributed by atoms with Crippen LogP contribution in [0.25, 0.3) is 0 Å². The largest absolute Gasteiger partial charge is 0.493 e. The van der Waals surface area contributed by atoms with Crippen LogP contribution in [0.1, 0.15) is 0 Å². The summed E-state index contributed by atoms with van der Waals surface area (Å²) in [6.45, 7) is 0. The maximum absolute atomic E-state index is 5.71. The van der Waals surface area contributed by atoms with Gasteiger partial charge in [0.05, 0.1) is 23.0 Å². The first kappa shape index (κ1) is 9.91. The predicted octanol–water partition coefficient (Wildman–Crippen LogP) is 2.23. The molecule has 1 aromatic rings. The minimum absolute atomic E-state index is 0.483. The highest BCUT2D eigenvalue weighted by atomic mass is 127. The van der Waals surface area contributed by atoms with E-state index in [0.717, 1.165) is 8.04 Å². The Morgan fingerprint density at radius 3 is 2.50 bits per heavy atom. The van der Waals surface area contributed by atoms with Crippen LogP contribution in [0, 0.1) is 3.57 Å². The molecule has 1 rings (SSSR count). The number of benzene rings is 1. The van der Waals surface area contributed by atoms with Crippen molar-refractivity contribution in [2.45, 2.75) is 0 Å². The molecule has 12 heavy (non-hydrogen) atoms. The minimum Gasteiger partial charge on any atom is -0.493 e. The zero-order valence-corrected chi connectivity index (χ0v) is 10.1. The SMILES string of the molecule is COc1c(Br)cc(I)c(N)c1N. The summed E-state index contributed by atoms with van der Waals surface area (Å²) in [6, 6.07) is 1.87. The van der Waals surface area contributed by atoms with Crippen LogP contribution in [-0.2, 0) is 0 Å². The summed E-state index contributed by atoms with van der Waals surface area (Å²) in [5, 5.41) is 0. The molecule has 0 amide bonds. The number of methoxy groups -OCH3 is 1. The fourth-order valence-corrected chi connectivity index (χ4v) is 2.48. The number of nitrogen functional groups attached to an aromatic ring is 2. The number of halogens is 2. The van der Waals surface area contributed by atoms with Crippen LogP contribution in [0.15, 0.2) is 10.5 Å². The molecule has 0 aliphatic carbocycles. The van der Waals surface area contributed by atoms with E-state index in [1.165, 1.54) is 0 Å². The number of rotatable bonds is 1. The summed E-state index contributed by atoms with van der Waals surface area (Å²) in [5.41, 5.74) is 12.5. The molecule has 0 aliphatic rings. The van der Waals surface area contributed by atoms with Gasteiger partial charge in [0.25, 0.3) is 0 Å². The van der Waals surface area contributed by atoms with Crippen molar-refractivity contribution in [2.24, 2.45) is 0 Å². The summed E-state index contributed by atoms with van der Waals surface area (Å²) in [6.07, 6.45) is 0. The zero-order valence-electron chi connectivity index (χ0n) is 6.40. The molecular weight excluding hydrogens is 335 g/mol. The summed E-state index contributed by atoms with van der Waals surface area (Å²) >= 11 is 5.44. The van der Waals surface area contributed by atoms with Gasteiger partial charge in [-0.25, -0.2) is 0 Å². The molecule has 0 heterocycles. The van der Waals surface area contributed by atoms with Crippen LogP contribution in [-0.4, -0.2) is 7.11 Å². The molecule has 0 spiro atoms. The van der Waals surface area contributed by atoms with Crippen molar-refractivity contribution < 1.29 is 4.74 Å². The monoisotopic (exact) mass is 342 g/mol. The Bertz CT molecular complexity index is 317. The fraction of sp³-hybridized carbons (Fsp3) is 0.143. The van der Waals surface area contributed by atoms with Gasteiger partial charge >= 0.3 is 0 Å². The Balaban J connectivity index is 3.40. The van der Waals surface area contributed by atoms with Crippen LogP contribution < -0.4 is 16.2 Å². The second kappa shape index (κ2) is 3.69. The molecule has 66 valence electrons. The normalized spacial score (nSPS) is 9.92. The number of hydrogen-bond acceptors (Lipinski definition) is 3. The maximum atomic E-state index is 5.71. The molecule has 5 heteroatoms. The lowest BCUT2D eigenvalue weighted by Gasteiger charge is -2.10. The molecule has 1 aromatic carbocycles. The van der Waals surface area contributed by atoms with E-state index in [-0.39, 0.29) is 0 Å². The molecule has 3 nitrogen and oxygen atoms in total. The minimum atomic E-state index is 0.483. The standard InChI is InChI=1S/C7H8BrIN2O/c1-12-7-3(8)2-4(9)5(10)6(7)11/h2H,10-11H2,1H3. The first-order chi connectivity index (χ1) is 5.57. The van der Waals surface area contributed by atoms with Crippen LogP contribution in [0.4, 0.5) is 11.4 Å². The third-order valence-electron chi connectivity index (χ3n) is 1.47. The van der Waals surface area contributed by atoms with Crippen LogP contribution in [0.5, 0.6) is 5.75 Å². The molecule has 0 bridgehead atoms. The van der Waals surface area contributed by atoms with Gasteiger partial charge < -0.3 is 16.2 Å². The third kappa shape index (κ3) is 1.61. The van der Waals surface area contributed by atoms with Crippen LogP contribution >= 0.6 is 38.5 Å². The van der Waals surface area contributed by atoms with Crippen molar-refractivity contribution >= 4 is 49.9 Å². The van der Waals surface area contributed by atoms with E-state index >= 15 is 0 Å². The van der Waals surface area contributed by atoms with Crippen molar-refractivity contribution in [3.8, 4) is 5.75 Å². The van der Waals surface area contributed by atoms with Gasteiger partial charge in [0.15, 0.2) is 5.75 Å². The van der Waals surface area contributed by atoms with Crippen LogP contribution in [0.2, 0.25) is 0 Å². The van der Waals surface area contributed by atoms with Crippen molar-refractivity contribution in [1.82, 2.24) is 0 Å². The number of ether oxygens (including phenoxy) is 1. The Hall–Kier alpha value is -0.170. The third-order valence-corrected chi connectivity index (χ3v) is 2.95. The second-order valence-corrected chi connectivity index (χ2v) is 4.22. The lowest BCUT2D eigenvalue weighted by molar-refractivity contribution is 0.414. The average molecular weight is 343 g/mol. The van der Waals surface area contributed by atoms with Crippen molar-refractivity contribution in [2.75, 3.05) is 18.6 Å². The van der Waals surface area contributed by atoms with Gasteiger partial charge in [-0.1, -0.05) is 0 Å². The molecule has 0 atom stereocenters. The lowest BCUT2D eigenvalue weighted by atomic mass is 10.2. The van der Waals surface area contributed by atoms with Crippen molar-refractivity contribution in [1.29, 1.82) is 0 Å². The summed E-state index contributed by atoms with van der Waals surface area (Å²) < 4.78 is 6.79. The van der Waals surface area contributed by atoms with Gasteiger partial charge in [0.1, 0.15) is 0 Å². The number of anilines is 2. The fourth-order valence-electron chi connectivity index (χ4n) is 0.842. The molecule has 0 radical (unpaired) electrons. The van der Waals surface area contributed by atoms with E-state index in [2.05, 4.69) is 38.5 Å². The molecule has 0 saturated heterocycles. The average Bonchev–Trinajstić information content (AvgIpc) is 2.01. The first-order valence-corrected chi connectivity index (χ1v) is 5.02. The summed E-state index contributed by atoms with van der Waals surface area (Å²) in [4.78, 5) is 0. The summed E-state index contributed by atoms with van der Waals surface area (Å²) in [7, 11) is 1.56. The van der Waals surface area contributed by atoms with E-state index in [9.17, 15) is 0 Å². The molecule has 0 unspecified atom stereocenters. The quantitative estimate of drug-likeness (QED) is 0.607. The Labute approximate surface area is 92.7 Å². The first-order valence-electron chi connectivity index (χ1n) is 3.15. The van der Waals surface area contributed by atoms with E-state index in [0.29, 0.717) is 17.1 Å². The Morgan fingerprint density at radius 1 is 1.42 bits per heavy atom.